The summed E-state index contributed by atoms with van der Waals surface area (Å²) in [5.74, 6) is 0. The first-order valence-electron chi connectivity index (χ1n) is 5.08. The van der Waals surface area contributed by atoms with E-state index in [1.165, 1.54) is 0 Å². The quantitative estimate of drug-likeness (QED) is 0.661. The Morgan fingerprint density at radius 3 is 2.69 bits per heavy atom. The molecule has 0 aromatic carbocycles. The third-order valence-electron chi connectivity index (χ3n) is 3.21. The molecule has 0 spiro atoms. The second kappa shape index (κ2) is 4.40. The predicted molar refractivity (Wildman–Crippen MR) is 54.7 cm³/mol. The molecule has 1 aliphatic rings. The van der Waals surface area contributed by atoms with Gasteiger partial charge in [-0.25, -0.2) is 0 Å². The summed E-state index contributed by atoms with van der Waals surface area (Å²) in [6.07, 6.45) is 2.23. The maximum Gasteiger partial charge on any atom is 0.0474 e. The van der Waals surface area contributed by atoms with Crippen LogP contribution in [0.25, 0.3) is 0 Å². The second-order valence-corrected chi connectivity index (χ2v) is 4.38. The molecular formula is C10H22N2O. The SMILES string of the molecule is COCCCN1CCC(N)C1(C)C. The van der Waals surface area contributed by atoms with Crippen molar-refractivity contribution >= 4 is 0 Å². The third-order valence-corrected chi connectivity index (χ3v) is 3.21. The van der Waals surface area contributed by atoms with Crippen LogP contribution in [0.4, 0.5) is 0 Å². The molecular weight excluding hydrogens is 164 g/mol. The number of likely N-dealkylation sites (tertiary alicyclic amines) is 1. The van der Waals surface area contributed by atoms with Crippen molar-refractivity contribution in [1.82, 2.24) is 4.90 Å². The second-order valence-electron chi connectivity index (χ2n) is 4.38. The summed E-state index contributed by atoms with van der Waals surface area (Å²) >= 11 is 0. The average molecular weight is 186 g/mol. The van der Waals surface area contributed by atoms with Gasteiger partial charge in [-0.15, -0.1) is 0 Å². The lowest BCUT2D eigenvalue weighted by molar-refractivity contribution is 0.131. The molecule has 0 amide bonds. The van der Waals surface area contributed by atoms with Crippen LogP contribution >= 0.6 is 0 Å². The van der Waals surface area contributed by atoms with Gasteiger partial charge in [-0.2, -0.15) is 0 Å². The minimum Gasteiger partial charge on any atom is -0.385 e. The standard InChI is InChI=1S/C10H22N2O/c1-10(2)9(11)5-7-12(10)6-4-8-13-3/h9H,4-8,11H2,1-3H3. The van der Waals surface area contributed by atoms with Crippen molar-refractivity contribution in [3.8, 4) is 0 Å². The summed E-state index contributed by atoms with van der Waals surface area (Å²) in [5, 5.41) is 0. The highest BCUT2D eigenvalue weighted by Gasteiger charge is 2.38. The van der Waals surface area contributed by atoms with Crippen LogP contribution in [0.1, 0.15) is 26.7 Å². The van der Waals surface area contributed by atoms with Crippen LogP contribution < -0.4 is 5.73 Å². The van der Waals surface area contributed by atoms with Crippen molar-refractivity contribution in [2.24, 2.45) is 5.73 Å². The van der Waals surface area contributed by atoms with E-state index in [1.807, 2.05) is 0 Å². The first-order chi connectivity index (χ1) is 6.09. The molecule has 0 bridgehead atoms. The number of hydrogen-bond donors (Lipinski definition) is 1. The number of rotatable bonds is 4. The van der Waals surface area contributed by atoms with Gasteiger partial charge in [-0.1, -0.05) is 0 Å². The molecule has 0 saturated carbocycles. The predicted octanol–water partition coefficient (Wildman–Crippen LogP) is 0.835. The van der Waals surface area contributed by atoms with Gasteiger partial charge in [0.1, 0.15) is 0 Å². The maximum atomic E-state index is 6.03. The van der Waals surface area contributed by atoms with Crippen LogP contribution in [0.15, 0.2) is 0 Å². The molecule has 0 aromatic heterocycles. The molecule has 78 valence electrons. The van der Waals surface area contributed by atoms with Crippen molar-refractivity contribution in [2.45, 2.75) is 38.3 Å². The topological polar surface area (TPSA) is 38.5 Å². The van der Waals surface area contributed by atoms with Crippen LogP contribution in [0.2, 0.25) is 0 Å². The summed E-state index contributed by atoms with van der Waals surface area (Å²) in [5.41, 5.74) is 6.21. The van der Waals surface area contributed by atoms with E-state index >= 15 is 0 Å². The van der Waals surface area contributed by atoms with Gasteiger partial charge in [0.2, 0.25) is 0 Å². The molecule has 1 fully saturated rings. The van der Waals surface area contributed by atoms with Crippen LogP contribution in [0.3, 0.4) is 0 Å². The number of nitrogens with zero attached hydrogens (tertiary/aromatic N) is 1. The molecule has 2 N–H and O–H groups in total. The lowest BCUT2D eigenvalue weighted by Gasteiger charge is -2.34. The largest absolute Gasteiger partial charge is 0.385 e. The van der Waals surface area contributed by atoms with Crippen LogP contribution in [0.5, 0.6) is 0 Å². The number of ether oxygens (including phenoxy) is 1. The highest BCUT2D eigenvalue weighted by Crippen LogP contribution is 2.27. The zero-order chi connectivity index (χ0) is 9.90. The Kier molecular flexibility index (Phi) is 3.71. The Bertz CT molecular complexity index is 159. The number of methoxy groups -OCH3 is 1. The van der Waals surface area contributed by atoms with Gasteiger partial charge >= 0.3 is 0 Å². The molecule has 13 heavy (non-hydrogen) atoms. The van der Waals surface area contributed by atoms with Crippen molar-refractivity contribution in [1.29, 1.82) is 0 Å². The molecule has 1 rings (SSSR count). The molecule has 1 aliphatic heterocycles. The highest BCUT2D eigenvalue weighted by molar-refractivity contribution is 4.97. The lowest BCUT2D eigenvalue weighted by Crippen LogP contribution is -2.49. The molecule has 3 heteroatoms. The molecule has 1 atom stereocenters. The zero-order valence-electron chi connectivity index (χ0n) is 9.05. The van der Waals surface area contributed by atoms with E-state index in [-0.39, 0.29) is 5.54 Å². The van der Waals surface area contributed by atoms with E-state index in [2.05, 4.69) is 18.7 Å². The molecule has 1 unspecified atom stereocenters. The molecule has 0 aliphatic carbocycles. The first kappa shape index (κ1) is 11.0. The van der Waals surface area contributed by atoms with Gasteiger partial charge in [-0.05, 0) is 26.7 Å². The van der Waals surface area contributed by atoms with Gasteiger partial charge in [0.15, 0.2) is 0 Å². The van der Waals surface area contributed by atoms with Crippen LogP contribution in [-0.2, 0) is 4.74 Å². The van der Waals surface area contributed by atoms with E-state index in [9.17, 15) is 0 Å². The van der Waals surface area contributed by atoms with E-state index in [0.717, 1.165) is 32.5 Å². The summed E-state index contributed by atoms with van der Waals surface area (Å²) in [7, 11) is 1.75. The number of nitrogens with two attached hydrogens (primary N) is 1. The zero-order valence-corrected chi connectivity index (χ0v) is 9.05. The van der Waals surface area contributed by atoms with Gasteiger partial charge in [0, 0.05) is 38.4 Å². The van der Waals surface area contributed by atoms with Crippen molar-refractivity contribution in [3.05, 3.63) is 0 Å². The van der Waals surface area contributed by atoms with Gasteiger partial charge in [0.05, 0.1) is 0 Å². The Balaban J connectivity index is 2.34. The summed E-state index contributed by atoms with van der Waals surface area (Å²) < 4.78 is 5.04. The fraction of sp³-hybridized carbons (Fsp3) is 1.00. The van der Waals surface area contributed by atoms with Gasteiger partial charge in [-0.3, -0.25) is 4.90 Å². The molecule has 0 radical (unpaired) electrons. The molecule has 0 aromatic rings. The smallest absolute Gasteiger partial charge is 0.0474 e. The average Bonchev–Trinajstić information content (AvgIpc) is 2.32. The fourth-order valence-electron chi connectivity index (χ4n) is 1.97. The van der Waals surface area contributed by atoms with Gasteiger partial charge in [0.25, 0.3) is 0 Å². The maximum absolute atomic E-state index is 6.03. The Morgan fingerprint density at radius 1 is 1.54 bits per heavy atom. The van der Waals surface area contributed by atoms with E-state index in [0.29, 0.717) is 6.04 Å². The third kappa shape index (κ3) is 2.42. The lowest BCUT2D eigenvalue weighted by atomic mass is 9.97. The molecule has 1 saturated heterocycles. The van der Waals surface area contributed by atoms with Crippen molar-refractivity contribution in [3.63, 3.8) is 0 Å². The van der Waals surface area contributed by atoms with E-state index < -0.39 is 0 Å². The number of hydrogen-bond acceptors (Lipinski definition) is 3. The summed E-state index contributed by atoms with van der Waals surface area (Å²) in [6.45, 7) is 7.56. The van der Waals surface area contributed by atoms with E-state index in [1.54, 1.807) is 7.11 Å². The minimum atomic E-state index is 0.174. The minimum absolute atomic E-state index is 0.174. The van der Waals surface area contributed by atoms with E-state index in [4.69, 9.17) is 10.5 Å². The Labute approximate surface area is 81.2 Å². The van der Waals surface area contributed by atoms with Crippen molar-refractivity contribution in [2.75, 3.05) is 26.8 Å². The summed E-state index contributed by atoms with van der Waals surface area (Å²) in [4.78, 5) is 2.47. The normalized spacial score (nSPS) is 28.2. The molecule has 1 heterocycles. The van der Waals surface area contributed by atoms with Crippen molar-refractivity contribution < 1.29 is 4.74 Å². The highest BCUT2D eigenvalue weighted by atomic mass is 16.5. The monoisotopic (exact) mass is 186 g/mol. The summed E-state index contributed by atoms with van der Waals surface area (Å²) in [6, 6.07) is 0.329. The van der Waals surface area contributed by atoms with Crippen LogP contribution in [0, 0.1) is 0 Å². The Morgan fingerprint density at radius 2 is 2.23 bits per heavy atom. The van der Waals surface area contributed by atoms with Gasteiger partial charge < -0.3 is 10.5 Å². The Hall–Kier alpha value is -0.120. The first-order valence-corrected chi connectivity index (χ1v) is 5.08. The van der Waals surface area contributed by atoms with Crippen LogP contribution in [-0.4, -0.2) is 43.3 Å². The fourth-order valence-corrected chi connectivity index (χ4v) is 1.97. The molecule has 3 nitrogen and oxygen atoms in total.